The lowest BCUT2D eigenvalue weighted by atomic mass is 9.88. The maximum Gasteiger partial charge on any atom is 0.364 e. The van der Waals surface area contributed by atoms with Crippen molar-refractivity contribution in [3.63, 3.8) is 0 Å². The predicted octanol–water partition coefficient (Wildman–Crippen LogP) is -10.1. The van der Waals surface area contributed by atoms with E-state index in [2.05, 4.69) is 16.0 Å². The molecule has 0 radical (unpaired) electrons. The summed E-state index contributed by atoms with van der Waals surface area (Å²) in [5.74, 6) is -7.34. The molecule has 16 N–H and O–H groups in total. The van der Waals surface area contributed by atoms with Crippen LogP contribution in [-0.2, 0) is 52.3 Å². The van der Waals surface area contributed by atoms with Crippen LogP contribution in [0.4, 0.5) is 0 Å². The maximum atomic E-state index is 12.8. The van der Waals surface area contributed by atoms with Gasteiger partial charge in [-0.15, -0.1) is 0 Å². The van der Waals surface area contributed by atoms with Crippen LogP contribution in [-0.4, -0.2) is 245 Å². The second-order valence-electron chi connectivity index (χ2n) is 14.8. The van der Waals surface area contributed by atoms with E-state index >= 15 is 0 Å². The van der Waals surface area contributed by atoms with Gasteiger partial charge in [0, 0.05) is 27.2 Å². The molecule has 27 heteroatoms. The highest BCUT2D eigenvalue weighted by molar-refractivity contribution is 5.77. The zero-order chi connectivity index (χ0) is 45.0. The van der Waals surface area contributed by atoms with Crippen molar-refractivity contribution < 1.29 is 119 Å². The molecule has 21 atom stereocenters. The predicted molar refractivity (Wildman–Crippen MR) is 186 cm³/mol. The number of amides is 3. The lowest BCUT2D eigenvalue weighted by Crippen LogP contribution is -2.71. The number of carbonyl (C=O) groups excluding carboxylic acids is 3. The van der Waals surface area contributed by atoms with Gasteiger partial charge >= 0.3 is 5.97 Å². The van der Waals surface area contributed by atoms with E-state index in [9.17, 15) is 85.6 Å². The van der Waals surface area contributed by atoms with E-state index in [1.54, 1.807) is 0 Å². The number of nitrogens with one attached hydrogen (secondary N) is 3. The molecule has 0 aromatic carbocycles. The number of hydrogen-bond acceptors (Lipinski definition) is 23. The Kier molecular flexibility index (Phi) is 17.4. The van der Waals surface area contributed by atoms with E-state index in [0.29, 0.717) is 0 Å². The van der Waals surface area contributed by atoms with Crippen LogP contribution in [0.5, 0.6) is 0 Å². The first kappa shape index (κ1) is 49.8. The highest BCUT2D eigenvalue weighted by atomic mass is 16.8. The van der Waals surface area contributed by atoms with Gasteiger partial charge in [-0.05, 0) is 0 Å². The Morgan fingerprint density at radius 1 is 0.683 bits per heavy atom. The lowest BCUT2D eigenvalue weighted by molar-refractivity contribution is -0.383. The zero-order valence-electron chi connectivity index (χ0n) is 32.4. The highest BCUT2D eigenvalue weighted by Crippen LogP contribution is 2.38. The highest BCUT2D eigenvalue weighted by Gasteiger charge is 2.60. The molecular weight excluding hydrogens is 822 g/mol. The molecule has 0 bridgehead atoms. The van der Waals surface area contributed by atoms with Crippen LogP contribution in [0.2, 0.25) is 0 Å². The minimum Gasteiger partial charge on any atom is -0.477 e. The number of carbonyl (C=O) groups is 4. The minimum absolute atomic E-state index is 0.652. The summed E-state index contributed by atoms with van der Waals surface area (Å²) in [7, 11) is 0. The number of ether oxygens (including phenoxy) is 7. The van der Waals surface area contributed by atoms with E-state index in [4.69, 9.17) is 33.2 Å². The third-order valence-electron chi connectivity index (χ3n) is 10.4. The van der Waals surface area contributed by atoms with Crippen molar-refractivity contribution >= 4 is 23.7 Å². The van der Waals surface area contributed by atoms with Gasteiger partial charge in [-0.3, -0.25) is 14.4 Å². The molecule has 0 aromatic rings. The zero-order valence-corrected chi connectivity index (χ0v) is 32.4. The Balaban J connectivity index is 1.58. The molecule has 3 amide bonds. The lowest BCUT2D eigenvalue weighted by Gasteiger charge is -2.51. The topological polar surface area (TPSA) is 432 Å². The van der Waals surface area contributed by atoms with Crippen molar-refractivity contribution in [1.82, 2.24) is 16.0 Å². The Labute approximate surface area is 340 Å². The fourth-order valence-corrected chi connectivity index (χ4v) is 7.36. The summed E-state index contributed by atoms with van der Waals surface area (Å²) in [5.41, 5.74) is 0. The van der Waals surface area contributed by atoms with Crippen molar-refractivity contribution in [2.75, 3.05) is 26.4 Å². The Hall–Kier alpha value is -2.88. The van der Waals surface area contributed by atoms with E-state index in [0.717, 1.165) is 20.8 Å². The van der Waals surface area contributed by atoms with Crippen molar-refractivity contribution in [2.24, 2.45) is 0 Å². The quantitative estimate of drug-likeness (QED) is 0.0684. The van der Waals surface area contributed by atoms with Crippen molar-refractivity contribution in [3.05, 3.63) is 0 Å². The van der Waals surface area contributed by atoms with Gasteiger partial charge in [-0.25, -0.2) is 4.79 Å². The Morgan fingerprint density at radius 3 is 1.80 bits per heavy atom. The molecule has 27 nitrogen and oxygen atoms in total. The summed E-state index contributed by atoms with van der Waals surface area (Å²) in [6.45, 7) is -0.653. The number of carboxylic acids is 1. The van der Waals surface area contributed by atoms with E-state index in [1.807, 2.05) is 0 Å². The van der Waals surface area contributed by atoms with Crippen molar-refractivity contribution in [2.45, 2.75) is 155 Å². The standard InChI is InChI=1S/C33H55N3O24/c1-9(40)34-17-12(43)4-33(32(52)53,59-27(17)20(45)13(44)5-37)60-28-22(47)14(6-38)56-31(25(28)50)58-26-15(7-39)57-30(19(24(26)49)36-11(3)42)54-8-16-21(46)23(48)18(29(51)55-16)35-10(2)41/h12-31,37-39,43-51H,4-8H2,1-3H3,(H,34,40)(H,35,41)(H,36,42)(H,52,53)/t12-,13+,14+,15+,16+,17+,18+,19+,20+,21-,22-,23+,24+,25+,26+,27+,28-,29+,30+,31-,33-/m0/s1. The van der Waals surface area contributed by atoms with Crippen LogP contribution in [0.1, 0.15) is 27.2 Å². The van der Waals surface area contributed by atoms with Crippen LogP contribution in [0.25, 0.3) is 0 Å². The van der Waals surface area contributed by atoms with E-state index in [1.165, 1.54) is 0 Å². The number of aliphatic carboxylic acids is 1. The first-order valence-electron chi connectivity index (χ1n) is 18.7. The largest absolute Gasteiger partial charge is 0.477 e. The van der Waals surface area contributed by atoms with Gasteiger partial charge in [0.15, 0.2) is 18.9 Å². The molecule has 0 aliphatic carbocycles. The van der Waals surface area contributed by atoms with Crippen LogP contribution < -0.4 is 16.0 Å². The Morgan fingerprint density at radius 2 is 1.25 bits per heavy atom. The van der Waals surface area contributed by atoms with Gasteiger partial charge in [0.25, 0.3) is 5.79 Å². The molecule has 4 aliphatic heterocycles. The summed E-state index contributed by atoms with van der Waals surface area (Å²) in [4.78, 5) is 48.5. The van der Waals surface area contributed by atoms with E-state index in [-0.39, 0.29) is 0 Å². The van der Waals surface area contributed by atoms with Gasteiger partial charge in [0.05, 0.1) is 38.6 Å². The number of aliphatic hydroxyl groups excluding tert-OH is 12. The monoisotopic (exact) mass is 877 g/mol. The molecule has 4 heterocycles. The van der Waals surface area contributed by atoms with Gasteiger partial charge in [-0.1, -0.05) is 0 Å². The summed E-state index contributed by atoms with van der Waals surface area (Å²) in [6.07, 6.45) is -33.6. The van der Waals surface area contributed by atoms with Crippen LogP contribution in [0.15, 0.2) is 0 Å². The SMILES string of the molecule is CC(=O)N[C@@H]1[C@@H](O)[C@@H](O)[C@@H](CO[C@@H]2O[C@H](CO)[C@@H](O[C@@H]3O[C@H](CO)[C@H](O)[C@H](O[C@]4(C(=O)O)C[C@H](O)[C@@H](NC(C)=O)[C@H]([C@H](O)[C@H](O)CO)O4)[C@H]3O)[C@H](O)[C@H]2NC(C)=O)O[C@H]1O. The van der Waals surface area contributed by atoms with Crippen LogP contribution in [0, 0.1) is 0 Å². The second-order valence-corrected chi connectivity index (χ2v) is 14.8. The summed E-state index contributed by atoms with van der Waals surface area (Å²) < 4.78 is 39.3. The van der Waals surface area contributed by atoms with Crippen LogP contribution >= 0.6 is 0 Å². The van der Waals surface area contributed by atoms with Crippen LogP contribution in [0.3, 0.4) is 0 Å². The number of hydrogen-bond donors (Lipinski definition) is 16. The second kappa shape index (κ2) is 21.0. The molecule has 60 heavy (non-hydrogen) atoms. The third-order valence-corrected chi connectivity index (χ3v) is 10.4. The molecular formula is C33H55N3O24. The number of carboxylic acid groups (broad SMARTS) is 1. The molecule has 4 fully saturated rings. The summed E-state index contributed by atoms with van der Waals surface area (Å²) in [5, 5.41) is 145. The van der Waals surface area contributed by atoms with Gasteiger partial charge in [-0.2, -0.15) is 0 Å². The molecule has 0 spiro atoms. The normalized spacial score (nSPS) is 43.3. The van der Waals surface area contributed by atoms with E-state index < -0.39 is 185 Å². The molecule has 4 saturated heterocycles. The third kappa shape index (κ3) is 11.0. The first-order chi connectivity index (χ1) is 28.1. The maximum absolute atomic E-state index is 12.8. The summed E-state index contributed by atoms with van der Waals surface area (Å²) in [6, 6.07) is -4.63. The fourth-order valence-electron chi connectivity index (χ4n) is 7.36. The van der Waals surface area contributed by atoms with Crippen molar-refractivity contribution in [1.29, 1.82) is 0 Å². The first-order valence-corrected chi connectivity index (χ1v) is 18.7. The van der Waals surface area contributed by atoms with Gasteiger partial charge in [0.1, 0.15) is 91.4 Å². The average Bonchev–Trinajstić information content (AvgIpc) is 3.18. The van der Waals surface area contributed by atoms with Gasteiger partial charge in [0.2, 0.25) is 17.7 Å². The summed E-state index contributed by atoms with van der Waals surface area (Å²) >= 11 is 0. The fraction of sp³-hybridized carbons (Fsp3) is 0.879. The smallest absolute Gasteiger partial charge is 0.364 e. The van der Waals surface area contributed by atoms with Gasteiger partial charge < -0.3 is 115 Å². The number of rotatable bonds is 16. The molecule has 0 saturated carbocycles. The average molecular weight is 878 g/mol. The molecule has 346 valence electrons. The number of aliphatic hydroxyl groups is 12. The Bertz CT molecular complexity index is 1470. The van der Waals surface area contributed by atoms with Crippen molar-refractivity contribution in [3.8, 4) is 0 Å². The molecule has 0 unspecified atom stereocenters. The molecule has 4 aliphatic rings. The molecule has 0 aromatic heterocycles. The minimum atomic E-state index is -3.11. The molecule has 4 rings (SSSR count).